The Balaban J connectivity index is 2.41. The van der Waals surface area contributed by atoms with Crippen molar-refractivity contribution in [2.45, 2.75) is 6.92 Å². The predicted molar refractivity (Wildman–Crippen MR) is 64.4 cm³/mol. The highest BCUT2D eigenvalue weighted by Crippen LogP contribution is 2.21. The number of hydrogen-bond donors (Lipinski definition) is 0. The van der Waals surface area contributed by atoms with E-state index in [0.29, 0.717) is 10.4 Å². The number of aryl methyl sites for hydroxylation is 1. The predicted octanol–water partition coefficient (Wildman–Crippen LogP) is 3.45. The lowest BCUT2D eigenvalue weighted by molar-refractivity contribution is 0.104. The summed E-state index contributed by atoms with van der Waals surface area (Å²) in [4.78, 5) is 12.7. The summed E-state index contributed by atoms with van der Waals surface area (Å²) < 4.78 is 4.92. The van der Waals surface area contributed by atoms with Gasteiger partial charge in [-0.05, 0) is 36.7 Å². The Hall–Kier alpha value is -1.000. The Labute approximate surface area is 100 Å². The second kappa shape index (κ2) is 4.24. The van der Waals surface area contributed by atoms with Crippen molar-refractivity contribution in [3.63, 3.8) is 0 Å². The van der Waals surface area contributed by atoms with Crippen LogP contribution in [0, 0.1) is 6.92 Å². The van der Waals surface area contributed by atoms with Crippen LogP contribution in [0.1, 0.15) is 20.9 Å². The molecule has 0 N–H and O–H groups in total. The van der Waals surface area contributed by atoms with Crippen LogP contribution in [0.5, 0.6) is 0 Å². The number of aromatic nitrogens is 1. The summed E-state index contributed by atoms with van der Waals surface area (Å²) in [6, 6.07) is 9.22. The van der Waals surface area contributed by atoms with Crippen molar-refractivity contribution in [1.29, 1.82) is 0 Å². The van der Waals surface area contributed by atoms with E-state index in [1.807, 2.05) is 37.3 Å². The molecule has 0 bridgehead atoms. The second-order valence-corrected chi connectivity index (χ2v) is 4.80. The summed E-state index contributed by atoms with van der Waals surface area (Å²) in [6.07, 6.45) is 0. The Morgan fingerprint density at radius 2 is 2.13 bits per heavy atom. The van der Waals surface area contributed by atoms with Crippen LogP contribution < -0.4 is 0 Å². The van der Waals surface area contributed by atoms with E-state index in [2.05, 4.69) is 20.3 Å². The standard InChI is InChI=1S/C11H8BrNOS/c1-7-6-10(15-13-7)11(14)8-4-2-3-5-9(8)12/h2-6H,1H3. The number of rotatable bonds is 2. The van der Waals surface area contributed by atoms with Gasteiger partial charge < -0.3 is 0 Å². The average molecular weight is 282 g/mol. The number of carbonyl (C=O) groups is 1. The van der Waals surface area contributed by atoms with Crippen molar-refractivity contribution in [2.75, 3.05) is 0 Å². The molecule has 0 saturated carbocycles. The zero-order valence-corrected chi connectivity index (χ0v) is 10.4. The number of carbonyl (C=O) groups excluding carboxylic acids is 1. The molecular formula is C11H8BrNOS. The molecule has 0 saturated heterocycles. The largest absolute Gasteiger partial charge is 0.288 e. The van der Waals surface area contributed by atoms with Gasteiger partial charge in [-0.2, -0.15) is 4.37 Å². The van der Waals surface area contributed by atoms with Crippen LogP contribution in [0.2, 0.25) is 0 Å². The van der Waals surface area contributed by atoms with Gasteiger partial charge >= 0.3 is 0 Å². The Morgan fingerprint density at radius 3 is 2.73 bits per heavy atom. The minimum atomic E-state index is 0.0214. The third-order valence-electron chi connectivity index (χ3n) is 1.97. The second-order valence-electron chi connectivity index (χ2n) is 3.14. The molecule has 2 nitrogen and oxygen atoms in total. The first kappa shape index (κ1) is 10.5. The van der Waals surface area contributed by atoms with Crippen LogP contribution in [-0.4, -0.2) is 10.2 Å². The fourth-order valence-electron chi connectivity index (χ4n) is 1.25. The molecule has 0 radical (unpaired) electrons. The number of hydrogen-bond acceptors (Lipinski definition) is 3. The van der Waals surface area contributed by atoms with Gasteiger partial charge in [0, 0.05) is 10.0 Å². The van der Waals surface area contributed by atoms with E-state index in [1.165, 1.54) is 11.5 Å². The third-order valence-corrected chi connectivity index (χ3v) is 3.54. The van der Waals surface area contributed by atoms with Crippen molar-refractivity contribution in [3.8, 4) is 0 Å². The molecule has 0 spiro atoms. The van der Waals surface area contributed by atoms with Crippen molar-refractivity contribution in [2.24, 2.45) is 0 Å². The molecule has 2 rings (SSSR count). The molecule has 0 fully saturated rings. The van der Waals surface area contributed by atoms with Gasteiger partial charge in [0.05, 0.1) is 10.6 Å². The minimum Gasteiger partial charge on any atom is -0.288 e. The normalized spacial score (nSPS) is 10.3. The van der Waals surface area contributed by atoms with E-state index in [4.69, 9.17) is 0 Å². The monoisotopic (exact) mass is 281 g/mol. The van der Waals surface area contributed by atoms with E-state index >= 15 is 0 Å². The van der Waals surface area contributed by atoms with Crippen LogP contribution in [0.4, 0.5) is 0 Å². The highest BCUT2D eigenvalue weighted by Gasteiger charge is 2.14. The maximum absolute atomic E-state index is 12.0. The molecule has 0 amide bonds. The van der Waals surface area contributed by atoms with E-state index in [0.717, 1.165) is 10.2 Å². The smallest absolute Gasteiger partial charge is 0.205 e. The first-order valence-electron chi connectivity index (χ1n) is 4.41. The lowest BCUT2D eigenvalue weighted by Crippen LogP contribution is -1.99. The number of halogens is 1. The fraction of sp³-hybridized carbons (Fsp3) is 0.0909. The fourth-order valence-corrected chi connectivity index (χ4v) is 2.42. The zero-order chi connectivity index (χ0) is 10.8. The molecule has 76 valence electrons. The molecule has 0 unspecified atom stereocenters. The van der Waals surface area contributed by atoms with E-state index in [-0.39, 0.29) is 5.78 Å². The molecule has 4 heteroatoms. The van der Waals surface area contributed by atoms with Gasteiger partial charge in [-0.3, -0.25) is 4.79 Å². The molecule has 1 heterocycles. The molecular weight excluding hydrogens is 274 g/mol. The maximum atomic E-state index is 12.0. The molecule has 2 aromatic rings. The Morgan fingerprint density at radius 1 is 1.40 bits per heavy atom. The molecule has 0 atom stereocenters. The van der Waals surface area contributed by atoms with Gasteiger partial charge in [0.25, 0.3) is 0 Å². The Kier molecular flexibility index (Phi) is 2.98. The quantitative estimate of drug-likeness (QED) is 0.790. The van der Waals surface area contributed by atoms with Gasteiger partial charge in [-0.1, -0.05) is 28.1 Å². The molecule has 1 aromatic heterocycles. The summed E-state index contributed by atoms with van der Waals surface area (Å²) in [5, 5.41) is 0. The highest BCUT2D eigenvalue weighted by molar-refractivity contribution is 9.10. The van der Waals surface area contributed by atoms with Gasteiger partial charge in [-0.25, -0.2) is 0 Å². The molecule has 0 aliphatic rings. The van der Waals surface area contributed by atoms with Crippen LogP contribution in [-0.2, 0) is 0 Å². The highest BCUT2D eigenvalue weighted by atomic mass is 79.9. The van der Waals surface area contributed by atoms with E-state index < -0.39 is 0 Å². The summed E-state index contributed by atoms with van der Waals surface area (Å²) in [5.74, 6) is 0.0214. The van der Waals surface area contributed by atoms with Crippen molar-refractivity contribution in [3.05, 3.63) is 50.9 Å². The van der Waals surface area contributed by atoms with Gasteiger partial charge in [0.1, 0.15) is 0 Å². The number of benzene rings is 1. The number of ketones is 1. The minimum absolute atomic E-state index is 0.0214. The molecule has 1 aromatic carbocycles. The summed E-state index contributed by atoms with van der Waals surface area (Å²) >= 11 is 4.61. The van der Waals surface area contributed by atoms with Crippen LogP contribution in [0.25, 0.3) is 0 Å². The zero-order valence-electron chi connectivity index (χ0n) is 8.03. The first-order chi connectivity index (χ1) is 7.18. The Bertz CT molecular complexity index is 507. The van der Waals surface area contributed by atoms with Crippen molar-refractivity contribution < 1.29 is 4.79 Å². The van der Waals surface area contributed by atoms with Crippen molar-refractivity contribution in [1.82, 2.24) is 4.37 Å². The van der Waals surface area contributed by atoms with Gasteiger partial charge in [-0.15, -0.1) is 0 Å². The maximum Gasteiger partial charge on any atom is 0.205 e. The summed E-state index contributed by atoms with van der Waals surface area (Å²) in [7, 11) is 0. The molecule has 0 aliphatic heterocycles. The molecule has 0 aliphatic carbocycles. The third kappa shape index (κ3) is 2.16. The molecule has 15 heavy (non-hydrogen) atoms. The first-order valence-corrected chi connectivity index (χ1v) is 5.97. The lowest BCUT2D eigenvalue weighted by atomic mass is 10.1. The topological polar surface area (TPSA) is 30.0 Å². The number of nitrogens with zero attached hydrogens (tertiary/aromatic N) is 1. The average Bonchev–Trinajstić information content (AvgIpc) is 2.65. The van der Waals surface area contributed by atoms with E-state index in [1.54, 1.807) is 0 Å². The van der Waals surface area contributed by atoms with Crippen LogP contribution >= 0.6 is 27.5 Å². The van der Waals surface area contributed by atoms with Crippen molar-refractivity contribution >= 4 is 33.2 Å². The lowest BCUT2D eigenvalue weighted by Gasteiger charge is -1.99. The van der Waals surface area contributed by atoms with Gasteiger partial charge in [0.2, 0.25) is 5.78 Å². The summed E-state index contributed by atoms with van der Waals surface area (Å²) in [5.41, 5.74) is 1.57. The van der Waals surface area contributed by atoms with Gasteiger partial charge in [0.15, 0.2) is 0 Å². The van der Waals surface area contributed by atoms with Crippen LogP contribution in [0.15, 0.2) is 34.8 Å². The SMILES string of the molecule is Cc1cc(C(=O)c2ccccc2Br)sn1. The summed E-state index contributed by atoms with van der Waals surface area (Å²) in [6.45, 7) is 1.88. The van der Waals surface area contributed by atoms with E-state index in [9.17, 15) is 4.79 Å². The van der Waals surface area contributed by atoms with Crippen LogP contribution in [0.3, 0.4) is 0 Å².